The standard InChI is InChI=1S/C14H12ClN3/c1-18(10-11-2-4-12(15)5-3-11)14-6-7-17-13(8-14)9-16/h2-8H,10H2,1H3. The number of aromatic nitrogens is 1. The third kappa shape index (κ3) is 2.99. The van der Waals surface area contributed by atoms with Crippen LogP contribution in [0.2, 0.25) is 5.02 Å². The molecule has 1 aromatic carbocycles. The zero-order valence-corrected chi connectivity index (χ0v) is 10.7. The van der Waals surface area contributed by atoms with E-state index in [4.69, 9.17) is 16.9 Å². The highest BCUT2D eigenvalue weighted by atomic mass is 35.5. The smallest absolute Gasteiger partial charge is 0.142 e. The number of rotatable bonds is 3. The van der Waals surface area contributed by atoms with E-state index in [2.05, 4.69) is 9.88 Å². The largest absolute Gasteiger partial charge is 0.370 e. The third-order valence-corrected chi connectivity index (χ3v) is 2.88. The van der Waals surface area contributed by atoms with E-state index in [9.17, 15) is 0 Å². The SMILES string of the molecule is CN(Cc1ccc(Cl)cc1)c1ccnc(C#N)c1. The van der Waals surface area contributed by atoms with Crippen LogP contribution in [0.3, 0.4) is 0 Å². The molecule has 18 heavy (non-hydrogen) atoms. The molecule has 0 amide bonds. The molecule has 0 fully saturated rings. The van der Waals surface area contributed by atoms with Gasteiger partial charge in [0.2, 0.25) is 0 Å². The van der Waals surface area contributed by atoms with Gasteiger partial charge in [-0.1, -0.05) is 23.7 Å². The number of halogens is 1. The Morgan fingerprint density at radius 2 is 2.00 bits per heavy atom. The quantitative estimate of drug-likeness (QED) is 0.847. The summed E-state index contributed by atoms with van der Waals surface area (Å²) in [5.74, 6) is 0. The summed E-state index contributed by atoms with van der Waals surface area (Å²) < 4.78 is 0. The predicted molar refractivity (Wildman–Crippen MR) is 72.5 cm³/mol. The lowest BCUT2D eigenvalue weighted by Gasteiger charge is -2.19. The lowest BCUT2D eigenvalue weighted by Crippen LogP contribution is -2.16. The summed E-state index contributed by atoms with van der Waals surface area (Å²) in [4.78, 5) is 6.01. The molecule has 1 aromatic heterocycles. The number of hydrogen-bond acceptors (Lipinski definition) is 3. The van der Waals surface area contributed by atoms with E-state index < -0.39 is 0 Å². The second kappa shape index (κ2) is 5.52. The van der Waals surface area contributed by atoms with Crippen LogP contribution in [0.4, 0.5) is 5.69 Å². The molecule has 0 saturated heterocycles. The van der Waals surface area contributed by atoms with Crippen molar-refractivity contribution in [3.63, 3.8) is 0 Å². The molecule has 0 radical (unpaired) electrons. The Labute approximate surface area is 111 Å². The maximum Gasteiger partial charge on any atom is 0.142 e. The van der Waals surface area contributed by atoms with Crippen LogP contribution in [0.1, 0.15) is 11.3 Å². The first-order chi connectivity index (χ1) is 8.69. The first-order valence-corrected chi connectivity index (χ1v) is 5.88. The van der Waals surface area contributed by atoms with Crippen molar-refractivity contribution in [2.75, 3.05) is 11.9 Å². The first kappa shape index (κ1) is 12.4. The normalized spacial score (nSPS) is 9.83. The van der Waals surface area contributed by atoms with Gasteiger partial charge in [0.1, 0.15) is 11.8 Å². The van der Waals surface area contributed by atoms with Crippen molar-refractivity contribution < 1.29 is 0 Å². The Balaban J connectivity index is 2.14. The van der Waals surface area contributed by atoms with E-state index in [0.29, 0.717) is 5.69 Å². The monoisotopic (exact) mass is 257 g/mol. The summed E-state index contributed by atoms with van der Waals surface area (Å²) in [6, 6.07) is 13.4. The van der Waals surface area contributed by atoms with Crippen LogP contribution in [0.5, 0.6) is 0 Å². The van der Waals surface area contributed by atoms with Gasteiger partial charge in [-0.15, -0.1) is 0 Å². The number of nitrogens with zero attached hydrogens (tertiary/aromatic N) is 3. The van der Waals surface area contributed by atoms with Gasteiger partial charge in [0, 0.05) is 30.5 Å². The minimum atomic E-state index is 0.426. The zero-order valence-electron chi connectivity index (χ0n) is 9.97. The van der Waals surface area contributed by atoms with Gasteiger partial charge in [-0.3, -0.25) is 0 Å². The van der Waals surface area contributed by atoms with E-state index in [1.54, 1.807) is 12.3 Å². The second-order valence-corrected chi connectivity index (χ2v) is 4.43. The topological polar surface area (TPSA) is 39.9 Å². The van der Waals surface area contributed by atoms with E-state index >= 15 is 0 Å². The van der Waals surface area contributed by atoms with E-state index in [1.165, 1.54) is 0 Å². The molecule has 90 valence electrons. The molecule has 2 rings (SSSR count). The molecule has 0 aliphatic carbocycles. The summed E-state index contributed by atoms with van der Waals surface area (Å²) >= 11 is 5.85. The lowest BCUT2D eigenvalue weighted by atomic mass is 10.2. The molecule has 0 aliphatic rings. The van der Waals surface area contributed by atoms with Crippen molar-refractivity contribution in [3.8, 4) is 6.07 Å². The molecule has 3 nitrogen and oxygen atoms in total. The fourth-order valence-electron chi connectivity index (χ4n) is 1.67. The summed E-state index contributed by atoms with van der Waals surface area (Å²) in [7, 11) is 1.98. The molecule has 4 heteroatoms. The zero-order chi connectivity index (χ0) is 13.0. The lowest BCUT2D eigenvalue weighted by molar-refractivity contribution is 0.920. The van der Waals surface area contributed by atoms with Gasteiger partial charge in [0.25, 0.3) is 0 Å². The molecule has 0 unspecified atom stereocenters. The van der Waals surface area contributed by atoms with Crippen molar-refractivity contribution in [1.82, 2.24) is 4.98 Å². The molecule has 1 heterocycles. The fraction of sp³-hybridized carbons (Fsp3) is 0.143. The van der Waals surface area contributed by atoms with Crippen molar-refractivity contribution >= 4 is 17.3 Å². The van der Waals surface area contributed by atoms with Crippen LogP contribution in [-0.2, 0) is 6.54 Å². The highest BCUT2D eigenvalue weighted by Crippen LogP contribution is 2.17. The maximum absolute atomic E-state index is 8.82. The minimum absolute atomic E-state index is 0.426. The fourth-order valence-corrected chi connectivity index (χ4v) is 1.80. The van der Waals surface area contributed by atoms with Crippen LogP contribution in [0.15, 0.2) is 42.6 Å². The predicted octanol–water partition coefficient (Wildman–Crippen LogP) is 3.24. The van der Waals surface area contributed by atoms with Crippen molar-refractivity contribution in [3.05, 3.63) is 58.9 Å². The highest BCUT2D eigenvalue weighted by Gasteiger charge is 2.03. The van der Waals surface area contributed by atoms with Gasteiger partial charge < -0.3 is 4.90 Å². The molecular formula is C14H12ClN3. The van der Waals surface area contributed by atoms with Crippen LogP contribution < -0.4 is 4.90 Å². The maximum atomic E-state index is 8.82. The van der Waals surface area contributed by atoms with Crippen molar-refractivity contribution in [2.24, 2.45) is 0 Å². The molecule has 0 N–H and O–H groups in total. The van der Waals surface area contributed by atoms with E-state index in [1.807, 2.05) is 43.4 Å². The molecular weight excluding hydrogens is 246 g/mol. The van der Waals surface area contributed by atoms with Crippen molar-refractivity contribution in [2.45, 2.75) is 6.54 Å². The molecule has 0 bridgehead atoms. The molecule has 0 aliphatic heterocycles. The Kier molecular flexibility index (Phi) is 3.81. The Hall–Kier alpha value is -2.05. The van der Waals surface area contributed by atoms with Gasteiger partial charge in [0.05, 0.1) is 0 Å². The average molecular weight is 258 g/mol. The molecule has 0 saturated carbocycles. The Morgan fingerprint density at radius 1 is 1.28 bits per heavy atom. The van der Waals surface area contributed by atoms with Crippen LogP contribution >= 0.6 is 11.6 Å². The number of nitriles is 1. The number of benzene rings is 1. The molecule has 0 spiro atoms. The van der Waals surface area contributed by atoms with E-state index in [-0.39, 0.29) is 0 Å². The van der Waals surface area contributed by atoms with Gasteiger partial charge in [-0.25, -0.2) is 4.98 Å². The molecule has 0 atom stereocenters. The van der Waals surface area contributed by atoms with Crippen LogP contribution in [-0.4, -0.2) is 12.0 Å². The summed E-state index contributed by atoms with van der Waals surface area (Å²) in [6.07, 6.45) is 1.65. The summed E-state index contributed by atoms with van der Waals surface area (Å²) in [5, 5.41) is 9.55. The average Bonchev–Trinajstić information content (AvgIpc) is 2.41. The minimum Gasteiger partial charge on any atom is -0.370 e. The van der Waals surface area contributed by atoms with Crippen molar-refractivity contribution in [1.29, 1.82) is 5.26 Å². The number of pyridine rings is 1. The van der Waals surface area contributed by atoms with Crippen LogP contribution in [0.25, 0.3) is 0 Å². The number of anilines is 1. The number of hydrogen-bond donors (Lipinski definition) is 0. The first-order valence-electron chi connectivity index (χ1n) is 5.51. The van der Waals surface area contributed by atoms with Crippen LogP contribution in [0, 0.1) is 11.3 Å². The Morgan fingerprint density at radius 3 is 2.67 bits per heavy atom. The van der Waals surface area contributed by atoms with E-state index in [0.717, 1.165) is 22.8 Å². The van der Waals surface area contributed by atoms with Gasteiger partial charge in [0.15, 0.2) is 0 Å². The van der Waals surface area contributed by atoms with Gasteiger partial charge in [-0.2, -0.15) is 5.26 Å². The van der Waals surface area contributed by atoms with Gasteiger partial charge in [-0.05, 0) is 29.8 Å². The summed E-state index contributed by atoms with van der Waals surface area (Å²) in [5.41, 5.74) is 2.56. The Bertz CT molecular complexity index is 572. The second-order valence-electron chi connectivity index (χ2n) is 3.99. The summed E-state index contributed by atoms with van der Waals surface area (Å²) in [6.45, 7) is 0.756. The molecule has 2 aromatic rings. The van der Waals surface area contributed by atoms with Gasteiger partial charge >= 0.3 is 0 Å². The highest BCUT2D eigenvalue weighted by molar-refractivity contribution is 6.30. The third-order valence-electron chi connectivity index (χ3n) is 2.63.